The average Bonchev–Trinajstić information content (AvgIpc) is 3.10. The van der Waals surface area contributed by atoms with E-state index in [1.807, 2.05) is 13.8 Å². The van der Waals surface area contributed by atoms with Crippen molar-refractivity contribution in [3.8, 4) is 0 Å². The van der Waals surface area contributed by atoms with Crippen molar-refractivity contribution in [3.63, 3.8) is 0 Å². The molecule has 30 heavy (non-hydrogen) atoms. The lowest BCUT2D eigenvalue weighted by Gasteiger charge is -2.13. The van der Waals surface area contributed by atoms with Gasteiger partial charge in [0.05, 0.1) is 23.3 Å². The van der Waals surface area contributed by atoms with Crippen molar-refractivity contribution < 1.29 is 27.1 Å². The maximum Gasteiger partial charge on any atom is 0.407 e. The molecule has 1 saturated heterocycles. The van der Waals surface area contributed by atoms with Gasteiger partial charge in [0.25, 0.3) is 0 Å². The number of nitrogens with zero attached hydrogens (tertiary/aromatic N) is 2. The SMILES string of the molecule is CC(C)NC(=O)OC1COC(c2cnc(Nc3ccc(S(N)(=O)=O)cc3F)nc2)C1. The van der Waals surface area contributed by atoms with Gasteiger partial charge in [-0.05, 0) is 32.0 Å². The quantitative estimate of drug-likeness (QED) is 0.619. The largest absolute Gasteiger partial charge is 0.444 e. The highest BCUT2D eigenvalue weighted by molar-refractivity contribution is 7.89. The van der Waals surface area contributed by atoms with E-state index in [0.29, 0.717) is 12.0 Å². The van der Waals surface area contributed by atoms with Gasteiger partial charge in [0.1, 0.15) is 11.9 Å². The van der Waals surface area contributed by atoms with Gasteiger partial charge in [0, 0.05) is 30.4 Å². The summed E-state index contributed by atoms with van der Waals surface area (Å²) in [4.78, 5) is 19.6. The van der Waals surface area contributed by atoms with Crippen LogP contribution in [-0.2, 0) is 19.5 Å². The number of nitrogens with one attached hydrogen (secondary N) is 2. The van der Waals surface area contributed by atoms with Gasteiger partial charge in [-0.15, -0.1) is 0 Å². The first-order chi connectivity index (χ1) is 14.1. The van der Waals surface area contributed by atoms with E-state index in [4.69, 9.17) is 14.6 Å². The Kier molecular flexibility index (Phi) is 6.48. The van der Waals surface area contributed by atoms with E-state index in [-0.39, 0.29) is 41.4 Å². The number of rotatable bonds is 6. The second-order valence-corrected chi connectivity index (χ2v) is 8.60. The Labute approximate surface area is 173 Å². The van der Waals surface area contributed by atoms with Crippen molar-refractivity contribution in [2.24, 2.45) is 5.14 Å². The molecule has 12 heteroatoms. The number of hydrogen-bond donors (Lipinski definition) is 3. The molecule has 4 N–H and O–H groups in total. The molecule has 2 heterocycles. The zero-order chi connectivity index (χ0) is 21.9. The van der Waals surface area contributed by atoms with Crippen LogP contribution in [0.5, 0.6) is 0 Å². The number of carbonyl (C=O) groups excluding carboxylic acids is 1. The zero-order valence-electron chi connectivity index (χ0n) is 16.3. The molecule has 3 rings (SSSR count). The van der Waals surface area contributed by atoms with E-state index >= 15 is 0 Å². The Morgan fingerprint density at radius 2 is 2.03 bits per heavy atom. The number of aromatic nitrogens is 2. The molecule has 1 aromatic carbocycles. The highest BCUT2D eigenvalue weighted by Gasteiger charge is 2.30. The van der Waals surface area contributed by atoms with E-state index in [1.165, 1.54) is 24.5 Å². The summed E-state index contributed by atoms with van der Waals surface area (Å²) in [6, 6.07) is 3.20. The minimum absolute atomic E-state index is 0.00287. The van der Waals surface area contributed by atoms with Gasteiger partial charge >= 0.3 is 6.09 Å². The third kappa shape index (κ3) is 5.62. The summed E-state index contributed by atoms with van der Waals surface area (Å²) < 4.78 is 47.6. The number of halogens is 1. The first-order valence-electron chi connectivity index (χ1n) is 9.12. The maximum absolute atomic E-state index is 14.1. The summed E-state index contributed by atoms with van der Waals surface area (Å²) in [6.07, 6.45) is 2.30. The Bertz CT molecular complexity index is 1020. The Morgan fingerprint density at radius 1 is 1.33 bits per heavy atom. The summed E-state index contributed by atoms with van der Waals surface area (Å²) >= 11 is 0. The van der Waals surface area contributed by atoms with Crippen molar-refractivity contribution in [2.75, 3.05) is 11.9 Å². The van der Waals surface area contributed by atoms with Crippen molar-refractivity contribution in [2.45, 2.75) is 43.4 Å². The number of anilines is 2. The van der Waals surface area contributed by atoms with Crippen molar-refractivity contribution in [1.29, 1.82) is 0 Å². The molecule has 0 saturated carbocycles. The van der Waals surface area contributed by atoms with Crippen molar-refractivity contribution in [1.82, 2.24) is 15.3 Å². The van der Waals surface area contributed by atoms with E-state index in [9.17, 15) is 17.6 Å². The van der Waals surface area contributed by atoms with Crippen LogP contribution in [0.15, 0.2) is 35.5 Å². The molecule has 10 nitrogen and oxygen atoms in total. The maximum atomic E-state index is 14.1. The number of primary sulfonamides is 1. The van der Waals surface area contributed by atoms with Crippen LogP contribution in [0, 0.1) is 5.82 Å². The zero-order valence-corrected chi connectivity index (χ0v) is 17.1. The molecule has 2 unspecified atom stereocenters. The highest BCUT2D eigenvalue weighted by Crippen LogP contribution is 2.30. The number of hydrogen-bond acceptors (Lipinski definition) is 8. The van der Waals surface area contributed by atoms with Gasteiger partial charge in [0.2, 0.25) is 16.0 Å². The van der Waals surface area contributed by atoms with E-state index in [2.05, 4.69) is 20.6 Å². The molecule has 1 amide bonds. The number of nitrogens with two attached hydrogens (primary N) is 1. The molecule has 0 spiro atoms. The van der Waals surface area contributed by atoms with E-state index in [0.717, 1.165) is 6.07 Å². The normalized spacial score (nSPS) is 19.0. The number of benzene rings is 1. The van der Waals surface area contributed by atoms with Crippen LogP contribution in [0.1, 0.15) is 31.9 Å². The standard InChI is InChI=1S/C18H22FN5O5S/c1-10(2)23-18(25)29-12-5-16(28-9-12)11-7-21-17(22-8-11)24-15-4-3-13(6-14(15)19)30(20,26)27/h3-4,6-8,10,12,16H,5,9H2,1-2H3,(H,23,25)(H2,20,26,27)(H,21,22,24). The lowest BCUT2D eigenvalue weighted by atomic mass is 10.1. The molecule has 0 radical (unpaired) electrons. The second-order valence-electron chi connectivity index (χ2n) is 7.04. The summed E-state index contributed by atoms with van der Waals surface area (Å²) in [5.41, 5.74) is 0.679. The molecule has 1 aliphatic heterocycles. The number of amides is 1. The van der Waals surface area contributed by atoms with Crippen molar-refractivity contribution in [3.05, 3.63) is 42.0 Å². The van der Waals surface area contributed by atoms with Crippen LogP contribution in [0.4, 0.5) is 20.8 Å². The third-order valence-corrected chi connectivity index (χ3v) is 5.11. The Balaban J connectivity index is 1.60. The lowest BCUT2D eigenvalue weighted by molar-refractivity contribution is 0.0690. The van der Waals surface area contributed by atoms with Crippen LogP contribution < -0.4 is 15.8 Å². The van der Waals surface area contributed by atoms with Crippen LogP contribution in [0.2, 0.25) is 0 Å². The van der Waals surface area contributed by atoms with Gasteiger partial charge in [0.15, 0.2) is 0 Å². The highest BCUT2D eigenvalue weighted by atomic mass is 32.2. The molecular formula is C18H22FN5O5S. The van der Waals surface area contributed by atoms with Crippen LogP contribution >= 0.6 is 0 Å². The molecule has 0 bridgehead atoms. The Morgan fingerprint density at radius 3 is 2.63 bits per heavy atom. The predicted octanol–water partition coefficient (Wildman–Crippen LogP) is 1.97. The fraction of sp³-hybridized carbons (Fsp3) is 0.389. The summed E-state index contributed by atoms with van der Waals surface area (Å²) in [7, 11) is -4.00. The van der Waals surface area contributed by atoms with Gasteiger partial charge in [-0.1, -0.05) is 0 Å². The summed E-state index contributed by atoms with van der Waals surface area (Å²) in [5.74, 6) is -0.698. The predicted molar refractivity (Wildman–Crippen MR) is 105 cm³/mol. The fourth-order valence-corrected chi connectivity index (χ4v) is 3.32. The van der Waals surface area contributed by atoms with Crippen LogP contribution in [0.25, 0.3) is 0 Å². The number of alkyl carbamates (subject to hydrolysis) is 1. The molecule has 2 aromatic rings. The van der Waals surface area contributed by atoms with Crippen LogP contribution in [0.3, 0.4) is 0 Å². The molecule has 1 aromatic heterocycles. The number of sulfonamides is 1. The monoisotopic (exact) mass is 439 g/mol. The minimum atomic E-state index is -4.00. The first kappa shape index (κ1) is 21.9. The topological polar surface area (TPSA) is 146 Å². The molecule has 1 aliphatic rings. The second kappa shape index (κ2) is 8.90. The molecular weight excluding hydrogens is 417 g/mol. The summed E-state index contributed by atoms with van der Waals surface area (Å²) in [5, 5.41) is 10.3. The lowest BCUT2D eigenvalue weighted by Crippen LogP contribution is -2.33. The van der Waals surface area contributed by atoms with Crippen LogP contribution in [-0.4, -0.2) is 43.2 Å². The molecule has 0 aliphatic carbocycles. The average molecular weight is 439 g/mol. The number of carbonyl (C=O) groups is 1. The summed E-state index contributed by atoms with van der Waals surface area (Å²) in [6.45, 7) is 3.93. The van der Waals surface area contributed by atoms with Gasteiger partial charge in [-0.3, -0.25) is 0 Å². The number of ether oxygens (including phenoxy) is 2. The van der Waals surface area contributed by atoms with E-state index < -0.39 is 21.9 Å². The van der Waals surface area contributed by atoms with E-state index in [1.54, 1.807) is 0 Å². The smallest absolute Gasteiger partial charge is 0.407 e. The molecule has 1 fully saturated rings. The van der Waals surface area contributed by atoms with Crippen molar-refractivity contribution >= 4 is 27.8 Å². The van der Waals surface area contributed by atoms with Gasteiger partial charge in [-0.25, -0.2) is 32.7 Å². The third-order valence-electron chi connectivity index (χ3n) is 4.20. The van der Waals surface area contributed by atoms with Gasteiger partial charge in [-0.2, -0.15) is 0 Å². The molecule has 2 atom stereocenters. The first-order valence-corrected chi connectivity index (χ1v) is 10.7. The van der Waals surface area contributed by atoms with Gasteiger partial charge < -0.3 is 20.1 Å². The molecule has 162 valence electrons. The minimum Gasteiger partial charge on any atom is -0.444 e. The fourth-order valence-electron chi connectivity index (χ4n) is 2.80. The Hall–Kier alpha value is -2.83.